The maximum Gasteiger partial charge on any atom is 0.322 e. The highest BCUT2D eigenvalue weighted by Crippen LogP contribution is 2.27. The molecule has 6 heteroatoms. The van der Waals surface area contributed by atoms with Crippen molar-refractivity contribution in [2.75, 3.05) is 29.9 Å². The van der Waals surface area contributed by atoms with Crippen molar-refractivity contribution in [3.63, 3.8) is 0 Å². The van der Waals surface area contributed by atoms with Crippen molar-refractivity contribution in [3.05, 3.63) is 24.3 Å². The Labute approximate surface area is 124 Å². The van der Waals surface area contributed by atoms with Gasteiger partial charge in [-0.15, -0.1) is 0 Å². The van der Waals surface area contributed by atoms with E-state index in [1.807, 2.05) is 36.1 Å². The monoisotopic (exact) mass is 288 g/mol. The molecule has 3 rings (SSSR count). The Bertz CT molecular complexity index is 556. The Balaban J connectivity index is 1.70. The summed E-state index contributed by atoms with van der Waals surface area (Å²) in [5.74, 6) is 0. The van der Waals surface area contributed by atoms with Gasteiger partial charge >= 0.3 is 12.1 Å². The van der Waals surface area contributed by atoms with Crippen molar-refractivity contribution in [2.45, 2.75) is 25.8 Å². The van der Waals surface area contributed by atoms with Crippen LogP contribution in [0.2, 0.25) is 0 Å². The summed E-state index contributed by atoms with van der Waals surface area (Å²) in [5, 5.41) is 5.69. The van der Waals surface area contributed by atoms with Crippen molar-refractivity contribution in [1.82, 2.24) is 10.2 Å². The van der Waals surface area contributed by atoms with Crippen LogP contribution in [0.3, 0.4) is 0 Å². The molecule has 4 amide bonds. The summed E-state index contributed by atoms with van der Waals surface area (Å²) in [4.78, 5) is 27.5. The molecule has 1 saturated heterocycles. The van der Waals surface area contributed by atoms with Gasteiger partial charge in [0.05, 0.1) is 0 Å². The van der Waals surface area contributed by atoms with Crippen LogP contribution in [0.5, 0.6) is 0 Å². The third-order valence-electron chi connectivity index (χ3n) is 3.86. The molecule has 1 aliphatic carbocycles. The standard InChI is InChI=1S/C15H20N4O2/c1-2-18(12-6-7-12)15(21)17-11-4-3-5-13(10-11)19-9-8-16-14(19)20/h3-5,10,12H,2,6-9H2,1H3,(H,16,20)(H,17,21). The van der Waals surface area contributed by atoms with Gasteiger partial charge in [0.1, 0.15) is 0 Å². The molecular weight excluding hydrogens is 268 g/mol. The van der Waals surface area contributed by atoms with Crippen LogP contribution in [-0.2, 0) is 0 Å². The Morgan fingerprint density at radius 1 is 1.48 bits per heavy atom. The summed E-state index contributed by atoms with van der Waals surface area (Å²) in [5.41, 5.74) is 1.52. The normalized spacial score (nSPS) is 17.6. The van der Waals surface area contributed by atoms with Crippen LogP contribution in [0, 0.1) is 0 Å². The number of hydrogen-bond acceptors (Lipinski definition) is 2. The number of urea groups is 2. The van der Waals surface area contributed by atoms with Gasteiger partial charge in [-0.3, -0.25) is 4.90 Å². The summed E-state index contributed by atoms with van der Waals surface area (Å²) in [6.07, 6.45) is 2.19. The van der Waals surface area contributed by atoms with E-state index in [0.717, 1.165) is 24.2 Å². The maximum absolute atomic E-state index is 12.2. The Morgan fingerprint density at radius 2 is 2.29 bits per heavy atom. The number of nitrogens with one attached hydrogen (secondary N) is 2. The van der Waals surface area contributed by atoms with Gasteiger partial charge in [0.2, 0.25) is 0 Å². The molecule has 1 aromatic carbocycles. The van der Waals surface area contributed by atoms with Gasteiger partial charge in [0.15, 0.2) is 0 Å². The lowest BCUT2D eigenvalue weighted by Crippen LogP contribution is -2.36. The summed E-state index contributed by atoms with van der Waals surface area (Å²) in [6, 6.07) is 7.64. The Hall–Kier alpha value is -2.24. The minimum atomic E-state index is -0.0911. The topological polar surface area (TPSA) is 64.7 Å². The highest BCUT2D eigenvalue weighted by molar-refractivity contribution is 5.95. The van der Waals surface area contributed by atoms with Crippen LogP contribution in [0.15, 0.2) is 24.3 Å². The van der Waals surface area contributed by atoms with Gasteiger partial charge in [-0.25, -0.2) is 9.59 Å². The average molecular weight is 288 g/mol. The number of rotatable bonds is 4. The summed E-state index contributed by atoms with van der Waals surface area (Å²) < 4.78 is 0. The van der Waals surface area contributed by atoms with E-state index in [9.17, 15) is 9.59 Å². The van der Waals surface area contributed by atoms with Crippen molar-refractivity contribution in [2.24, 2.45) is 0 Å². The SMILES string of the molecule is CCN(C(=O)Nc1cccc(N2CCNC2=O)c1)C1CC1. The molecule has 0 spiro atoms. The van der Waals surface area contributed by atoms with Crippen LogP contribution in [-0.4, -0.2) is 42.6 Å². The fraction of sp³-hybridized carbons (Fsp3) is 0.467. The molecule has 2 aliphatic rings. The van der Waals surface area contributed by atoms with Crippen molar-refractivity contribution in [3.8, 4) is 0 Å². The molecule has 2 fully saturated rings. The summed E-state index contributed by atoms with van der Waals surface area (Å²) in [7, 11) is 0. The second-order valence-electron chi connectivity index (χ2n) is 5.38. The van der Waals surface area contributed by atoms with E-state index in [1.54, 1.807) is 4.90 Å². The zero-order chi connectivity index (χ0) is 14.8. The predicted molar refractivity (Wildman–Crippen MR) is 81.6 cm³/mol. The zero-order valence-corrected chi connectivity index (χ0v) is 12.1. The number of hydrogen-bond donors (Lipinski definition) is 2. The molecule has 2 N–H and O–H groups in total. The van der Waals surface area contributed by atoms with E-state index in [4.69, 9.17) is 0 Å². The minimum absolute atomic E-state index is 0.0666. The quantitative estimate of drug-likeness (QED) is 0.892. The average Bonchev–Trinajstić information content (AvgIpc) is 3.21. The number of benzene rings is 1. The van der Waals surface area contributed by atoms with Gasteiger partial charge in [-0.2, -0.15) is 0 Å². The lowest BCUT2D eigenvalue weighted by atomic mass is 10.2. The first-order chi connectivity index (χ1) is 10.2. The molecule has 112 valence electrons. The van der Waals surface area contributed by atoms with Crippen LogP contribution >= 0.6 is 0 Å². The van der Waals surface area contributed by atoms with Crippen LogP contribution in [0.25, 0.3) is 0 Å². The highest BCUT2D eigenvalue weighted by atomic mass is 16.2. The molecular formula is C15H20N4O2. The minimum Gasteiger partial charge on any atom is -0.336 e. The first-order valence-electron chi connectivity index (χ1n) is 7.42. The fourth-order valence-corrected chi connectivity index (χ4v) is 2.62. The predicted octanol–water partition coefficient (Wildman–Crippen LogP) is 2.23. The molecule has 1 aromatic rings. The lowest BCUT2D eigenvalue weighted by molar-refractivity contribution is 0.212. The summed E-state index contributed by atoms with van der Waals surface area (Å²) >= 11 is 0. The number of amides is 4. The molecule has 0 unspecified atom stereocenters. The molecule has 0 atom stereocenters. The molecule has 1 heterocycles. The van der Waals surface area contributed by atoms with Gasteiger partial charge in [0.25, 0.3) is 0 Å². The molecule has 0 bridgehead atoms. The van der Waals surface area contributed by atoms with Crippen LogP contribution in [0.4, 0.5) is 21.0 Å². The lowest BCUT2D eigenvalue weighted by Gasteiger charge is -2.21. The van der Waals surface area contributed by atoms with E-state index in [2.05, 4.69) is 10.6 Å². The van der Waals surface area contributed by atoms with Crippen LogP contribution < -0.4 is 15.5 Å². The van der Waals surface area contributed by atoms with Gasteiger partial charge < -0.3 is 15.5 Å². The summed E-state index contributed by atoms with van der Waals surface area (Å²) in [6.45, 7) is 4.01. The number of nitrogens with zero attached hydrogens (tertiary/aromatic N) is 2. The molecule has 21 heavy (non-hydrogen) atoms. The number of anilines is 2. The Kier molecular flexibility index (Phi) is 3.68. The molecule has 1 aliphatic heterocycles. The third kappa shape index (κ3) is 2.94. The second kappa shape index (κ2) is 5.63. The van der Waals surface area contributed by atoms with Crippen molar-refractivity contribution < 1.29 is 9.59 Å². The largest absolute Gasteiger partial charge is 0.336 e. The van der Waals surface area contributed by atoms with Gasteiger partial charge in [-0.1, -0.05) is 6.07 Å². The van der Waals surface area contributed by atoms with Gasteiger partial charge in [-0.05, 0) is 38.0 Å². The highest BCUT2D eigenvalue weighted by Gasteiger charge is 2.31. The molecule has 1 saturated carbocycles. The van der Waals surface area contributed by atoms with Crippen molar-refractivity contribution in [1.29, 1.82) is 0 Å². The van der Waals surface area contributed by atoms with Crippen molar-refractivity contribution >= 4 is 23.4 Å². The van der Waals surface area contributed by atoms with Gasteiger partial charge in [0, 0.05) is 37.1 Å². The van der Waals surface area contributed by atoms with Crippen LogP contribution in [0.1, 0.15) is 19.8 Å². The van der Waals surface area contributed by atoms with E-state index >= 15 is 0 Å². The fourth-order valence-electron chi connectivity index (χ4n) is 2.62. The molecule has 6 nitrogen and oxygen atoms in total. The third-order valence-corrected chi connectivity index (χ3v) is 3.86. The number of carbonyl (C=O) groups excluding carboxylic acids is 2. The smallest absolute Gasteiger partial charge is 0.322 e. The first kappa shape index (κ1) is 13.7. The Morgan fingerprint density at radius 3 is 2.90 bits per heavy atom. The van der Waals surface area contributed by atoms with E-state index < -0.39 is 0 Å². The van der Waals surface area contributed by atoms with E-state index in [0.29, 0.717) is 25.7 Å². The molecule has 0 radical (unpaired) electrons. The zero-order valence-electron chi connectivity index (χ0n) is 12.1. The van der Waals surface area contributed by atoms with E-state index in [-0.39, 0.29) is 12.1 Å². The first-order valence-corrected chi connectivity index (χ1v) is 7.42. The number of carbonyl (C=O) groups is 2. The second-order valence-corrected chi connectivity index (χ2v) is 5.38. The molecule has 0 aromatic heterocycles. The maximum atomic E-state index is 12.2. The van der Waals surface area contributed by atoms with E-state index in [1.165, 1.54) is 0 Å².